The van der Waals surface area contributed by atoms with Gasteiger partial charge in [-0.2, -0.15) is 0 Å². The molecule has 0 radical (unpaired) electrons. The van der Waals surface area contributed by atoms with Crippen LogP contribution in [0.4, 0.5) is 5.82 Å². The molecule has 0 spiro atoms. The number of hydrogen-bond acceptors (Lipinski definition) is 5. The van der Waals surface area contributed by atoms with Crippen LogP contribution < -0.4 is 10.5 Å². The van der Waals surface area contributed by atoms with Crippen LogP contribution in [0.15, 0.2) is 35.6 Å². The number of ether oxygens (including phenoxy) is 1. The summed E-state index contributed by atoms with van der Waals surface area (Å²) in [5, 5.41) is 0.940. The molecule has 112 valence electrons. The van der Waals surface area contributed by atoms with E-state index in [1.807, 2.05) is 12.3 Å². The average Bonchev–Trinajstić information content (AvgIpc) is 3.00. The van der Waals surface area contributed by atoms with Crippen molar-refractivity contribution >= 4 is 16.9 Å². The SMILES string of the molecule is O=c1cc(-c2c[nH]c3ncnc(N4CCOCC4)c23)cc[nH]1. The summed E-state index contributed by atoms with van der Waals surface area (Å²) in [6.07, 6.45) is 5.08. The molecule has 4 rings (SSSR count). The van der Waals surface area contributed by atoms with Crippen LogP contribution in [-0.4, -0.2) is 46.2 Å². The Kier molecular flexibility index (Phi) is 3.12. The molecular weight excluding hydrogens is 282 g/mol. The second-order valence-corrected chi connectivity index (χ2v) is 5.16. The highest BCUT2D eigenvalue weighted by atomic mass is 16.5. The number of pyridine rings is 1. The Morgan fingerprint density at radius 2 is 2.05 bits per heavy atom. The van der Waals surface area contributed by atoms with Crippen LogP contribution in [0.5, 0.6) is 0 Å². The molecule has 0 unspecified atom stereocenters. The number of hydrogen-bond donors (Lipinski definition) is 2. The summed E-state index contributed by atoms with van der Waals surface area (Å²) < 4.78 is 5.41. The Morgan fingerprint density at radius 3 is 2.86 bits per heavy atom. The Hall–Kier alpha value is -2.67. The van der Waals surface area contributed by atoms with Gasteiger partial charge in [0.25, 0.3) is 0 Å². The fourth-order valence-electron chi connectivity index (χ4n) is 2.80. The summed E-state index contributed by atoms with van der Waals surface area (Å²) in [5.41, 5.74) is 2.42. The van der Waals surface area contributed by atoms with Crippen molar-refractivity contribution in [2.24, 2.45) is 0 Å². The van der Waals surface area contributed by atoms with Gasteiger partial charge in [0.1, 0.15) is 17.8 Å². The first-order chi connectivity index (χ1) is 10.8. The van der Waals surface area contributed by atoms with Crippen molar-refractivity contribution in [3.8, 4) is 11.1 Å². The van der Waals surface area contributed by atoms with E-state index in [0.29, 0.717) is 13.2 Å². The van der Waals surface area contributed by atoms with Gasteiger partial charge >= 0.3 is 0 Å². The highest BCUT2D eigenvalue weighted by Gasteiger charge is 2.19. The predicted molar refractivity (Wildman–Crippen MR) is 83.0 cm³/mol. The van der Waals surface area contributed by atoms with Gasteiger partial charge in [-0.1, -0.05) is 0 Å². The van der Waals surface area contributed by atoms with Crippen molar-refractivity contribution in [2.45, 2.75) is 0 Å². The first-order valence-corrected chi connectivity index (χ1v) is 7.17. The highest BCUT2D eigenvalue weighted by molar-refractivity contribution is 6.01. The fraction of sp³-hybridized carbons (Fsp3) is 0.267. The lowest BCUT2D eigenvalue weighted by molar-refractivity contribution is 0.122. The van der Waals surface area contributed by atoms with Crippen molar-refractivity contribution in [1.29, 1.82) is 0 Å². The number of fused-ring (bicyclic) bond motifs is 1. The molecule has 0 aliphatic carbocycles. The van der Waals surface area contributed by atoms with Gasteiger partial charge in [-0.25, -0.2) is 9.97 Å². The van der Waals surface area contributed by atoms with Gasteiger partial charge in [-0.15, -0.1) is 0 Å². The van der Waals surface area contributed by atoms with E-state index >= 15 is 0 Å². The van der Waals surface area contributed by atoms with Gasteiger partial charge in [-0.3, -0.25) is 4.79 Å². The van der Waals surface area contributed by atoms with Crippen LogP contribution in [0.3, 0.4) is 0 Å². The maximum Gasteiger partial charge on any atom is 0.248 e. The van der Waals surface area contributed by atoms with Gasteiger partial charge < -0.3 is 19.6 Å². The molecule has 1 fully saturated rings. The molecule has 3 aromatic rings. The molecule has 0 saturated carbocycles. The van der Waals surface area contributed by atoms with Gasteiger partial charge in [0.2, 0.25) is 5.56 Å². The number of morpholine rings is 1. The molecule has 0 amide bonds. The molecule has 0 atom stereocenters. The molecule has 7 nitrogen and oxygen atoms in total. The smallest absolute Gasteiger partial charge is 0.248 e. The van der Waals surface area contributed by atoms with E-state index in [9.17, 15) is 4.79 Å². The lowest BCUT2D eigenvalue weighted by atomic mass is 10.1. The summed E-state index contributed by atoms with van der Waals surface area (Å²) in [6, 6.07) is 3.46. The zero-order valence-electron chi connectivity index (χ0n) is 11.9. The van der Waals surface area contributed by atoms with Gasteiger partial charge in [0, 0.05) is 37.1 Å². The standard InChI is InChI=1S/C15H15N5O2/c21-12-7-10(1-2-16-12)11-8-17-14-13(11)15(19-9-18-14)20-3-5-22-6-4-20/h1-2,7-9H,3-6H2,(H,16,21)(H,17,18,19). The summed E-state index contributed by atoms with van der Waals surface area (Å²) >= 11 is 0. The van der Waals surface area contributed by atoms with Crippen LogP contribution in [-0.2, 0) is 4.74 Å². The normalized spacial score (nSPS) is 15.4. The topological polar surface area (TPSA) is 86.9 Å². The molecule has 3 aromatic heterocycles. The fourth-order valence-corrected chi connectivity index (χ4v) is 2.80. The maximum absolute atomic E-state index is 11.6. The van der Waals surface area contributed by atoms with E-state index in [-0.39, 0.29) is 5.56 Å². The van der Waals surface area contributed by atoms with E-state index in [1.54, 1.807) is 18.6 Å². The van der Waals surface area contributed by atoms with Gasteiger partial charge in [0.05, 0.1) is 18.6 Å². The van der Waals surface area contributed by atoms with E-state index in [0.717, 1.165) is 41.1 Å². The summed E-state index contributed by atoms with van der Waals surface area (Å²) in [6.45, 7) is 2.98. The molecule has 2 N–H and O–H groups in total. The third kappa shape index (κ3) is 2.15. The molecule has 22 heavy (non-hydrogen) atoms. The van der Waals surface area contributed by atoms with Crippen molar-refractivity contribution in [3.05, 3.63) is 41.2 Å². The van der Waals surface area contributed by atoms with E-state index in [1.165, 1.54) is 0 Å². The number of anilines is 1. The highest BCUT2D eigenvalue weighted by Crippen LogP contribution is 2.33. The zero-order chi connectivity index (χ0) is 14.9. The second-order valence-electron chi connectivity index (χ2n) is 5.16. The van der Waals surface area contributed by atoms with Crippen molar-refractivity contribution < 1.29 is 4.74 Å². The van der Waals surface area contributed by atoms with E-state index < -0.39 is 0 Å². The van der Waals surface area contributed by atoms with Crippen LogP contribution in [0.25, 0.3) is 22.2 Å². The summed E-state index contributed by atoms with van der Waals surface area (Å²) in [4.78, 5) is 28.3. The van der Waals surface area contributed by atoms with Gasteiger partial charge in [0.15, 0.2) is 0 Å². The Labute approximate surface area is 126 Å². The van der Waals surface area contributed by atoms with Crippen LogP contribution in [0, 0.1) is 0 Å². The van der Waals surface area contributed by atoms with Crippen LogP contribution >= 0.6 is 0 Å². The van der Waals surface area contributed by atoms with Crippen LogP contribution in [0.2, 0.25) is 0 Å². The molecule has 0 bridgehead atoms. The average molecular weight is 297 g/mol. The molecule has 1 saturated heterocycles. The number of aromatic nitrogens is 4. The minimum Gasteiger partial charge on any atom is -0.378 e. The minimum atomic E-state index is -0.128. The quantitative estimate of drug-likeness (QED) is 0.741. The number of nitrogens with one attached hydrogen (secondary N) is 2. The molecular formula is C15H15N5O2. The monoisotopic (exact) mass is 297 g/mol. The molecule has 1 aliphatic rings. The van der Waals surface area contributed by atoms with Gasteiger partial charge in [-0.05, 0) is 11.6 Å². The molecule has 4 heterocycles. The maximum atomic E-state index is 11.6. The molecule has 7 heteroatoms. The van der Waals surface area contributed by atoms with Crippen molar-refractivity contribution in [3.63, 3.8) is 0 Å². The number of nitrogens with zero attached hydrogens (tertiary/aromatic N) is 3. The Balaban J connectivity index is 1.91. The molecule has 1 aliphatic heterocycles. The first-order valence-electron chi connectivity index (χ1n) is 7.17. The Bertz CT molecular complexity index is 863. The lowest BCUT2D eigenvalue weighted by Crippen LogP contribution is -2.36. The lowest BCUT2D eigenvalue weighted by Gasteiger charge is -2.28. The summed E-state index contributed by atoms with van der Waals surface area (Å²) in [7, 11) is 0. The first kappa shape index (κ1) is 13.0. The number of rotatable bonds is 2. The number of H-pyrrole nitrogens is 2. The van der Waals surface area contributed by atoms with E-state index in [2.05, 4.69) is 24.8 Å². The summed E-state index contributed by atoms with van der Waals surface area (Å²) in [5.74, 6) is 0.879. The third-order valence-electron chi connectivity index (χ3n) is 3.85. The Morgan fingerprint density at radius 1 is 1.18 bits per heavy atom. The largest absolute Gasteiger partial charge is 0.378 e. The van der Waals surface area contributed by atoms with Crippen molar-refractivity contribution in [2.75, 3.05) is 31.2 Å². The van der Waals surface area contributed by atoms with Crippen molar-refractivity contribution in [1.82, 2.24) is 19.9 Å². The zero-order valence-corrected chi connectivity index (χ0v) is 11.9. The van der Waals surface area contributed by atoms with Crippen LogP contribution in [0.1, 0.15) is 0 Å². The predicted octanol–water partition coefficient (Wildman–Crippen LogP) is 1.15. The molecule has 0 aromatic carbocycles. The third-order valence-corrected chi connectivity index (χ3v) is 3.85. The minimum absolute atomic E-state index is 0.128. The number of aromatic amines is 2. The van der Waals surface area contributed by atoms with E-state index in [4.69, 9.17) is 4.74 Å². The second kappa shape index (κ2) is 5.27.